The van der Waals surface area contributed by atoms with Gasteiger partial charge in [-0.15, -0.1) is 24.0 Å². The number of amides is 1. The molecule has 27 heavy (non-hydrogen) atoms. The molecule has 7 nitrogen and oxygen atoms in total. The summed E-state index contributed by atoms with van der Waals surface area (Å²) in [5.41, 5.74) is 10.4. The molecule has 0 heterocycles. The van der Waals surface area contributed by atoms with Gasteiger partial charge < -0.3 is 21.7 Å². The number of nitrogens with two attached hydrogens (primary N) is 2. The molecule has 0 aliphatic heterocycles. The van der Waals surface area contributed by atoms with Crippen LogP contribution in [-0.2, 0) is 14.4 Å². The van der Waals surface area contributed by atoms with Gasteiger partial charge in [-0.2, -0.15) is 0 Å². The van der Waals surface area contributed by atoms with E-state index >= 15 is 0 Å². The van der Waals surface area contributed by atoms with E-state index in [1.165, 1.54) is 0 Å². The van der Waals surface area contributed by atoms with Crippen LogP contribution in [0.4, 0.5) is 0 Å². The maximum Gasteiger partial charge on any atom is 0.303 e. The Bertz CT molecular complexity index is 381. The lowest BCUT2D eigenvalue weighted by atomic mass is 9.91. The van der Waals surface area contributed by atoms with Gasteiger partial charge in [0.05, 0.1) is 0 Å². The molecule has 2 unspecified atom stereocenters. The van der Waals surface area contributed by atoms with Crippen LogP contribution in [0.15, 0.2) is 0 Å². The van der Waals surface area contributed by atoms with Crippen LogP contribution < -0.4 is 11.5 Å². The first kappa shape index (κ1) is 35.0. The van der Waals surface area contributed by atoms with Crippen LogP contribution in [0.25, 0.3) is 0 Å². The molecule has 0 bridgehead atoms. The van der Waals surface area contributed by atoms with Crippen LogP contribution in [0.5, 0.6) is 0 Å². The number of halogens is 3. The molecule has 0 aliphatic rings. The zero-order chi connectivity index (χ0) is 21.3. The quantitative estimate of drug-likeness (QED) is 0.232. The lowest BCUT2D eigenvalue weighted by Gasteiger charge is -2.14. The molecule has 0 saturated heterocycles. The first-order chi connectivity index (χ1) is 12.0. The zero-order valence-electron chi connectivity index (χ0n) is 16.5. The number of hydrogen-bond acceptors (Lipinski definition) is 4. The van der Waals surface area contributed by atoms with Gasteiger partial charge in [0, 0.05) is 56.5 Å². The van der Waals surface area contributed by atoms with E-state index in [4.69, 9.17) is 21.7 Å². The van der Waals surface area contributed by atoms with Crippen LogP contribution in [-0.4, -0.2) is 34.6 Å². The lowest BCUT2D eigenvalue weighted by molar-refractivity contribution is -0.139. The van der Waals surface area contributed by atoms with E-state index in [2.05, 4.69) is 51.1 Å². The van der Waals surface area contributed by atoms with Crippen molar-refractivity contribution in [2.75, 3.05) is 6.54 Å². The number of aliphatic carboxylic acids is 2. The Hall–Kier alpha value is 0.560. The van der Waals surface area contributed by atoms with Crippen LogP contribution in [0.1, 0.15) is 59.8 Å². The SMILES string of the molecule is CC(C)CC(CC(N)=O)CC(=O)O.CC(C)CC(CN)CC(=O)O.I.II. The molecule has 0 radical (unpaired) electrons. The van der Waals surface area contributed by atoms with Gasteiger partial charge in [0.2, 0.25) is 5.91 Å². The number of primary amides is 1. The predicted octanol–water partition coefficient (Wildman–Crippen LogP) is 4.47. The Morgan fingerprint density at radius 3 is 1.41 bits per heavy atom. The summed E-state index contributed by atoms with van der Waals surface area (Å²) in [4.78, 5) is 31.3. The smallest absolute Gasteiger partial charge is 0.303 e. The second kappa shape index (κ2) is 22.8. The molecule has 0 fully saturated rings. The molecule has 1 amide bonds. The van der Waals surface area contributed by atoms with Gasteiger partial charge in [0.15, 0.2) is 0 Å². The summed E-state index contributed by atoms with van der Waals surface area (Å²) in [6.07, 6.45) is 2.04. The summed E-state index contributed by atoms with van der Waals surface area (Å²) in [6.45, 7) is 8.62. The van der Waals surface area contributed by atoms with E-state index in [1.54, 1.807) is 0 Å². The molecule has 164 valence electrons. The van der Waals surface area contributed by atoms with Crippen LogP contribution >= 0.6 is 61.2 Å². The Labute approximate surface area is 203 Å². The minimum Gasteiger partial charge on any atom is -0.481 e. The Morgan fingerprint density at radius 2 is 1.15 bits per heavy atom. The third-order valence-corrected chi connectivity index (χ3v) is 3.36. The molecule has 6 N–H and O–H groups in total. The highest BCUT2D eigenvalue weighted by molar-refractivity contribution is 15.0. The largest absolute Gasteiger partial charge is 0.481 e. The Morgan fingerprint density at radius 1 is 0.815 bits per heavy atom. The van der Waals surface area contributed by atoms with Crippen molar-refractivity contribution in [3.05, 3.63) is 0 Å². The fraction of sp³-hybridized carbons (Fsp3) is 0.824. The average Bonchev–Trinajstić information content (AvgIpc) is 2.46. The maximum absolute atomic E-state index is 10.6. The maximum atomic E-state index is 10.6. The van der Waals surface area contributed by atoms with Crippen molar-refractivity contribution in [1.82, 2.24) is 0 Å². The minimum atomic E-state index is -0.869. The molecule has 0 aromatic rings. The highest BCUT2D eigenvalue weighted by Crippen LogP contribution is 2.18. The third-order valence-electron chi connectivity index (χ3n) is 3.36. The molecule has 2 atom stereocenters. The molecule has 0 aliphatic carbocycles. The van der Waals surface area contributed by atoms with E-state index in [0.29, 0.717) is 18.4 Å². The topological polar surface area (TPSA) is 144 Å². The fourth-order valence-corrected chi connectivity index (χ4v) is 2.61. The van der Waals surface area contributed by atoms with Crippen LogP contribution in [0, 0.1) is 23.7 Å². The monoisotopic (exact) mass is 728 g/mol. The van der Waals surface area contributed by atoms with E-state index < -0.39 is 17.8 Å². The Balaban J connectivity index is -0.000000175. The summed E-state index contributed by atoms with van der Waals surface area (Å²) in [5.74, 6) is -1.09. The number of rotatable bonds is 11. The van der Waals surface area contributed by atoms with Crippen molar-refractivity contribution in [2.45, 2.75) is 59.8 Å². The molecule has 0 rings (SSSR count). The van der Waals surface area contributed by atoms with Gasteiger partial charge in [-0.05, 0) is 43.1 Å². The molecule has 0 spiro atoms. The average molecular weight is 728 g/mol. The second-order valence-corrected chi connectivity index (χ2v) is 7.09. The van der Waals surface area contributed by atoms with Gasteiger partial charge in [-0.1, -0.05) is 27.7 Å². The van der Waals surface area contributed by atoms with E-state index in [1.807, 2.05) is 13.8 Å². The van der Waals surface area contributed by atoms with Crippen molar-refractivity contribution < 1.29 is 24.6 Å². The van der Waals surface area contributed by atoms with Crippen LogP contribution in [0.3, 0.4) is 0 Å². The van der Waals surface area contributed by atoms with Gasteiger partial charge in [-0.25, -0.2) is 0 Å². The number of carboxylic acids is 2. The minimum absolute atomic E-state index is 0. The summed E-state index contributed by atoms with van der Waals surface area (Å²) >= 11 is 4.24. The lowest BCUT2D eigenvalue weighted by Crippen LogP contribution is -2.19. The zero-order valence-corrected chi connectivity index (χ0v) is 23.1. The molecular weight excluding hydrogens is 693 g/mol. The van der Waals surface area contributed by atoms with Gasteiger partial charge in [0.25, 0.3) is 0 Å². The van der Waals surface area contributed by atoms with Crippen molar-refractivity contribution in [1.29, 1.82) is 0 Å². The predicted molar refractivity (Wildman–Crippen MR) is 137 cm³/mol. The highest BCUT2D eigenvalue weighted by atomic mass is 128. The molecule has 0 aromatic heterocycles. The van der Waals surface area contributed by atoms with Gasteiger partial charge >= 0.3 is 11.9 Å². The Kier molecular flexibility index (Phi) is 29.6. The first-order valence-corrected chi connectivity index (χ1v) is 14.8. The summed E-state index contributed by atoms with van der Waals surface area (Å²) < 4.78 is 0. The third kappa shape index (κ3) is 31.5. The first-order valence-electron chi connectivity index (χ1n) is 8.54. The van der Waals surface area contributed by atoms with Gasteiger partial charge in [0.1, 0.15) is 0 Å². The molecule has 0 saturated carbocycles. The number of carbonyl (C=O) groups is 3. The summed E-state index contributed by atoms with van der Waals surface area (Å²) in [6, 6.07) is 0. The standard InChI is InChI=1S/C9H17NO3.C8H17NO2.I2.HI/c1-6(2)3-7(4-8(10)11)5-9(12)13;1-6(2)3-7(5-9)4-8(10)11;1-2;/h6-7H,3-5H2,1-2H3,(H2,10,11)(H,12,13);6-7H,3-5,9H2,1-2H3,(H,10,11);;1H. The highest BCUT2D eigenvalue weighted by Gasteiger charge is 2.17. The van der Waals surface area contributed by atoms with Crippen molar-refractivity contribution in [3.63, 3.8) is 0 Å². The summed E-state index contributed by atoms with van der Waals surface area (Å²) in [7, 11) is 0. The second-order valence-electron chi connectivity index (χ2n) is 7.09. The van der Waals surface area contributed by atoms with Crippen LogP contribution in [0.2, 0.25) is 0 Å². The summed E-state index contributed by atoms with van der Waals surface area (Å²) in [5, 5.41) is 17.0. The molecule has 0 aromatic carbocycles. The van der Waals surface area contributed by atoms with Crippen molar-refractivity contribution in [3.8, 4) is 0 Å². The number of carbonyl (C=O) groups excluding carboxylic acids is 1. The normalized spacial score (nSPS) is 11.9. The van der Waals surface area contributed by atoms with Crippen molar-refractivity contribution >= 4 is 79.1 Å². The van der Waals surface area contributed by atoms with Crippen molar-refractivity contribution in [2.24, 2.45) is 35.1 Å². The molecular formula is C17H35I3N2O5. The number of hydrogen-bond donors (Lipinski definition) is 4. The van der Waals surface area contributed by atoms with E-state index in [-0.39, 0.29) is 55.1 Å². The van der Waals surface area contributed by atoms with E-state index in [0.717, 1.165) is 12.8 Å². The fourth-order valence-electron chi connectivity index (χ4n) is 2.61. The molecule has 10 heteroatoms. The van der Waals surface area contributed by atoms with E-state index in [9.17, 15) is 14.4 Å². The number of carboxylic acid groups (broad SMARTS) is 2. The van der Waals surface area contributed by atoms with Gasteiger partial charge in [-0.3, -0.25) is 14.4 Å².